The van der Waals surface area contributed by atoms with Crippen LogP contribution < -0.4 is 5.32 Å². The quantitative estimate of drug-likeness (QED) is 0.795. The number of ketones is 1. The Labute approximate surface area is 112 Å². The SMILES string of the molecule is CC(C)C[C@@H](NC(=O)OC(C)(C)C)C(=O)CBr. The van der Waals surface area contributed by atoms with E-state index in [9.17, 15) is 9.59 Å². The Kier molecular flexibility index (Phi) is 6.75. The maximum atomic E-state index is 11.6. The first-order valence-corrected chi connectivity index (χ1v) is 6.86. The number of halogens is 1. The number of nitrogens with one attached hydrogen (secondary N) is 1. The molecule has 1 amide bonds. The van der Waals surface area contributed by atoms with Crippen molar-refractivity contribution < 1.29 is 14.3 Å². The van der Waals surface area contributed by atoms with Crippen LogP contribution in [0.5, 0.6) is 0 Å². The number of carbonyl (C=O) groups excluding carboxylic acids is 2. The lowest BCUT2D eigenvalue weighted by Gasteiger charge is -2.23. The number of amides is 1. The first kappa shape index (κ1) is 16.4. The summed E-state index contributed by atoms with van der Waals surface area (Å²) >= 11 is 3.12. The number of alkyl carbamates (subject to hydrolysis) is 1. The minimum Gasteiger partial charge on any atom is -0.444 e. The number of ether oxygens (including phenoxy) is 1. The molecule has 0 saturated carbocycles. The first-order valence-electron chi connectivity index (χ1n) is 5.74. The van der Waals surface area contributed by atoms with Gasteiger partial charge < -0.3 is 10.1 Å². The lowest BCUT2D eigenvalue weighted by molar-refractivity contribution is -0.118. The van der Waals surface area contributed by atoms with Crippen molar-refractivity contribution >= 4 is 27.8 Å². The Morgan fingerprint density at radius 1 is 1.29 bits per heavy atom. The van der Waals surface area contributed by atoms with E-state index in [4.69, 9.17) is 4.74 Å². The van der Waals surface area contributed by atoms with Crippen molar-refractivity contribution in [3.05, 3.63) is 0 Å². The van der Waals surface area contributed by atoms with Crippen molar-refractivity contribution in [3.63, 3.8) is 0 Å². The second-order valence-electron chi connectivity index (χ2n) is 5.43. The van der Waals surface area contributed by atoms with Gasteiger partial charge in [0.15, 0.2) is 5.78 Å². The summed E-state index contributed by atoms with van der Waals surface area (Å²) < 4.78 is 5.13. The van der Waals surface area contributed by atoms with Crippen LogP contribution in [0, 0.1) is 5.92 Å². The smallest absolute Gasteiger partial charge is 0.408 e. The fourth-order valence-electron chi connectivity index (χ4n) is 1.29. The van der Waals surface area contributed by atoms with Gasteiger partial charge in [-0.25, -0.2) is 4.79 Å². The molecule has 0 aliphatic heterocycles. The van der Waals surface area contributed by atoms with Crippen LogP contribution in [-0.2, 0) is 9.53 Å². The molecule has 0 aromatic carbocycles. The molecule has 0 saturated heterocycles. The summed E-state index contributed by atoms with van der Waals surface area (Å²) in [6.07, 6.45) is 0.0707. The van der Waals surface area contributed by atoms with E-state index in [-0.39, 0.29) is 11.1 Å². The summed E-state index contributed by atoms with van der Waals surface area (Å²) in [7, 11) is 0. The highest BCUT2D eigenvalue weighted by Crippen LogP contribution is 2.10. The van der Waals surface area contributed by atoms with E-state index in [2.05, 4.69) is 21.2 Å². The minimum atomic E-state index is -0.552. The van der Waals surface area contributed by atoms with Gasteiger partial charge in [-0.1, -0.05) is 29.8 Å². The van der Waals surface area contributed by atoms with Crippen molar-refractivity contribution in [1.29, 1.82) is 0 Å². The van der Waals surface area contributed by atoms with E-state index in [1.807, 2.05) is 13.8 Å². The molecule has 100 valence electrons. The van der Waals surface area contributed by atoms with Crippen LogP contribution in [0.4, 0.5) is 4.79 Å². The van der Waals surface area contributed by atoms with Crippen molar-refractivity contribution in [2.24, 2.45) is 5.92 Å². The zero-order chi connectivity index (χ0) is 13.6. The van der Waals surface area contributed by atoms with Crippen molar-refractivity contribution in [3.8, 4) is 0 Å². The Balaban J connectivity index is 4.43. The van der Waals surface area contributed by atoms with E-state index in [0.717, 1.165) is 0 Å². The molecule has 0 rings (SSSR count). The fraction of sp³-hybridized carbons (Fsp3) is 0.833. The van der Waals surface area contributed by atoms with Crippen molar-refractivity contribution in [2.45, 2.75) is 52.7 Å². The van der Waals surface area contributed by atoms with Gasteiger partial charge in [-0.15, -0.1) is 0 Å². The van der Waals surface area contributed by atoms with Crippen LogP contribution in [-0.4, -0.2) is 28.8 Å². The molecule has 0 radical (unpaired) electrons. The van der Waals surface area contributed by atoms with Crippen molar-refractivity contribution in [1.82, 2.24) is 5.32 Å². The van der Waals surface area contributed by atoms with Gasteiger partial charge in [0.2, 0.25) is 0 Å². The van der Waals surface area contributed by atoms with Crippen LogP contribution in [0.15, 0.2) is 0 Å². The predicted octanol–water partition coefficient (Wildman–Crippen LogP) is 2.89. The standard InChI is InChI=1S/C12H22BrNO3/c1-8(2)6-9(10(15)7-13)14-11(16)17-12(3,4)5/h8-9H,6-7H2,1-5H3,(H,14,16)/t9-/m1/s1. The molecule has 0 aromatic heterocycles. The summed E-state index contributed by atoms with van der Waals surface area (Å²) in [5.74, 6) is 0.294. The average molecular weight is 308 g/mol. The van der Waals surface area contributed by atoms with E-state index in [1.165, 1.54) is 0 Å². The lowest BCUT2D eigenvalue weighted by Crippen LogP contribution is -2.44. The Bertz CT molecular complexity index is 271. The summed E-state index contributed by atoms with van der Waals surface area (Å²) in [4.78, 5) is 23.2. The molecular formula is C12H22BrNO3. The number of carbonyl (C=O) groups is 2. The predicted molar refractivity (Wildman–Crippen MR) is 71.4 cm³/mol. The van der Waals surface area contributed by atoms with Gasteiger partial charge in [-0.2, -0.15) is 0 Å². The van der Waals surface area contributed by atoms with Crippen LogP contribution >= 0.6 is 15.9 Å². The van der Waals surface area contributed by atoms with Gasteiger partial charge in [0, 0.05) is 0 Å². The summed E-state index contributed by atoms with van der Waals surface area (Å²) in [5.41, 5.74) is -0.552. The Hall–Kier alpha value is -0.580. The number of Topliss-reactive ketones (excluding diaryl/α,β-unsaturated/α-hetero) is 1. The summed E-state index contributed by atoms with van der Waals surface area (Å²) in [6, 6.07) is -0.482. The monoisotopic (exact) mass is 307 g/mol. The molecule has 0 bridgehead atoms. The molecule has 1 N–H and O–H groups in total. The molecular weight excluding hydrogens is 286 g/mol. The number of hydrogen-bond donors (Lipinski definition) is 1. The molecule has 1 atom stereocenters. The number of hydrogen-bond acceptors (Lipinski definition) is 3. The molecule has 4 nitrogen and oxygen atoms in total. The van der Waals surface area contributed by atoms with Crippen molar-refractivity contribution in [2.75, 3.05) is 5.33 Å². The van der Waals surface area contributed by atoms with Crippen LogP contribution in [0.25, 0.3) is 0 Å². The zero-order valence-electron chi connectivity index (χ0n) is 11.2. The topological polar surface area (TPSA) is 55.4 Å². The Morgan fingerprint density at radius 2 is 1.82 bits per heavy atom. The average Bonchev–Trinajstić information content (AvgIpc) is 2.11. The largest absolute Gasteiger partial charge is 0.444 e. The lowest BCUT2D eigenvalue weighted by atomic mass is 10.0. The van der Waals surface area contributed by atoms with Gasteiger partial charge in [-0.05, 0) is 33.1 Å². The number of rotatable bonds is 5. The van der Waals surface area contributed by atoms with E-state index in [1.54, 1.807) is 20.8 Å². The van der Waals surface area contributed by atoms with E-state index in [0.29, 0.717) is 12.3 Å². The van der Waals surface area contributed by atoms with Gasteiger partial charge in [0.05, 0.1) is 11.4 Å². The molecule has 0 heterocycles. The molecule has 17 heavy (non-hydrogen) atoms. The third-order valence-electron chi connectivity index (χ3n) is 1.92. The van der Waals surface area contributed by atoms with E-state index >= 15 is 0 Å². The molecule has 0 unspecified atom stereocenters. The first-order chi connectivity index (χ1) is 7.65. The van der Waals surface area contributed by atoms with Gasteiger partial charge in [-0.3, -0.25) is 4.79 Å². The van der Waals surface area contributed by atoms with Gasteiger partial charge in [0.1, 0.15) is 5.60 Å². The molecule has 0 spiro atoms. The minimum absolute atomic E-state index is 0.0374. The number of alkyl halides is 1. The van der Waals surface area contributed by atoms with Crippen LogP contribution in [0.3, 0.4) is 0 Å². The van der Waals surface area contributed by atoms with Gasteiger partial charge in [0.25, 0.3) is 0 Å². The Morgan fingerprint density at radius 3 is 2.18 bits per heavy atom. The molecule has 0 aliphatic carbocycles. The van der Waals surface area contributed by atoms with E-state index < -0.39 is 17.7 Å². The summed E-state index contributed by atoms with van der Waals surface area (Å²) in [6.45, 7) is 9.37. The zero-order valence-corrected chi connectivity index (χ0v) is 12.8. The summed E-state index contributed by atoms with van der Waals surface area (Å²) in [5, 5.41) is 2.85. The normalized spacial score (nSPS) is 13.4. The van der Waals surface area contributed by atoms with Crippen LogP contribution in [0.2, 0.25) is 0 Å². The molecule has 0 aromatic rings. The van der Waals surface area contributed by atoms with Gasteiger partial charge >= 0.3 is 6.09 Å². The second-order valence-corrected chi connectivity index (χ2v) is 5.99. The highest BCUT2D eigenvalue weighted by molar-refractivity contribution is 9.09. The molecule has 0 fully saturated rings. The highest BCUT2D eigenvalue weighted by Gasteiger charge is 2.24. The van der Waals surface area contributed by atoms with Crippen LogP contribution in [0.1, 0.15) is 41.0 Å². The molecule has 0 aliphatic rings. The molecule has 5 heteroatoms. The highest BCUT2D eigenvalue weighted by atomic mass is 79.9. The third-order valence-corrected chi connectivity index (χ3v) is 2.47. The fourth-order valence-corrected chi connectivity index (χ4v) is 1.68. The maximum absolute atomic E-state index is 11.6. The second kappa shape index (κ2) is 6.99. The third kappa shape index (κ3) is 8.18. The maximum Gasteiger partial charge on any atom is 0.408 e.